The van der Waals surface area contributed by atoms with E-state index in [0.717, 1.165) is 6.07 Å². The third-order valence-electron chi connectivity index (χ3n) is 3.05. The summed E-state index contributed by atoms with van der Waals surface area (Å²) in [6.07, 6.45) is 0. The molecule has 3 nitrogen and oxygen atoms in total. The largest absolute Gasteiger partial charge is 0.486 e. The van der Waals surface area contributed by atoms with Gasteiger partial charge < -0.3 is 9.47 Å². The fourth-order valence-corrected chi connectivity index (χ4v) is 2.81. The lowest BCUT2D eigenvalue weighted by molar-refractivity contribution is 0.103. The van der Waals surface area contributed by atoms with Crippen molar-refractivity contribution in [2.45, 2.75) is 0 Å². The van der Waals surface area contributed by atoms with Crippen molar-refractivity contribution in [3.63, 3.8) is 0 Å². The first-order valence-corrected chi connectivity index (χ1v) is 7.32. The van der Waals surface area contributed by atoms with Crippen molar-refractivity contribution < 1.29 is 18.7 Å². The smallest absolute Gasteiger partial charge is 0.195 e. The lowest BCUT2D eigenvalue weighted by Gasteiger charge is -2.19. The molecule has 0 atom stereocenters. The van der Waals surface area contributed by atoms with Crippen molar-refractivity contribution in [2.24, 2.45) is 0 Å². The Balaban J connectivity index is 2.05. The highest BCUT2D eigenvalue weighted by molar-refractivity contribution is 9.10. The van der Waals surface area contributed by atoms with E-state index in [2.05, 4.69) is 15.9 Å². The molecule has 0 radical (unpaired) electrons. The van der Waals surface area contributed by atoms with Gasteiger partial charge in [0.1, 0.15) is 19.0 Å². The van der Waals surface area contributed by atoms with Gasteiger partial charge in [-0.15, -0.1) is 0 Å². The average molecular weight is 372 g/mol. The second-order valence-electron chi connectivity index (χ2n) is 4.43. The van der Waals surface area contributed by atoms with Gasteiger partial charge in [0.15, 0.2) is 17.3 Å². The van der Waals surface area contributed by atoms with E-state index < -0.39 is 5.82 Å². The number of ketones is 1. The highest BCUT2D eigenvalue weighted by Crippen LogP contribution is 2.37. The maximum Gasteiger partial charge on any atom is 0.195 e. The zero-order valence-corrected chi connectivity index (χ0v) is 13.0. The molecule has 0 bridgehead atoms. The lowest BCUT2D eigenvalue weighted by Crippen LogP contribution is -2.16. The molecule has 0 saturated heterocycles. The van der Waals surface area contributed by atoms with Crippen molar-refractivity contribution >= 4 is 33.3 Å². The van der Waals surface area contributed by atoms with Crippen LogP contribution in [0.2, 0.25) is 5.02 Å². The summed E-state index contributed by atoms with van der Waals surface area (Å²) in [5, 5.41) is 0.0711. The molecule has 3 rings (SSSR count). The molecule has 0 spiro atoms. The van der Waals surface area contributed by atoms with E-state index in [1.165, 1.54) is 12.1 Å². The molecule has 1 aliphatic heterocycles. The first-order valence-electron chi connectivity index (χ1n) is 6.15. The van der Waals surface area contributed by atoms with Gasteiger partial charge in [-0.1, -0.05) is 11.6 Å². The number of fused-ring (bicyclic) bond motifs is 1. The SMILES string of the molecule is O=C(c1ccc(F)cc1Cl)c1cc2c(cc1Br)OCCO2. The number of benzene rings is 2. The Morgan fingerprint density at radius 2 is 1.76 bits per heavy atom. The van der Waals surface area contributed by atoms with E-state index in [1.54, 1.807) is 12.1 Å². The van der Waals surface area contributed by atoms with E-state index in [-0.39, 0.29) is 16.4 Å². The van der Waals surface area contributed by atoms with Crippen LogP contribution in [0.3, 0.4) is 0 Å². The molecule has 1 aliphatic rings. The van der Waals surface area contributed by atoms with Gasteiger partial charge in [-0.05, 0) is 46.3 Å². The predicted molar refractivity (Wildman–Crippen MR) is 80.0 cm³/mol. The summed E-state index contributed by atoms with van der Waals surface area (Å²) in [4.78, 5) is 12.6. The van der Waals surface area contributed by atoms with Gasteiger partial charge in [-0.3, -0.25) is 4.79 Å². The Hall–Kier alpha value is -1.59. The van der Waals surface area contributed by atoms with Crippen molar-refractivity contribution in [3.8, 4) is 11.5 Å². The molecule has 0 unspecified atom stereocenters. The Morgan fingerprint density at radius 3 is 2.43 bits per heavy atom. The Labute approximate surface area is 133 Å². The van der Waals surface area contributed by atoms with E-state index >= 15 is 0 Å². The molecule has 0 saturated carbocycles. The minimum Gasteiger partial charge on any atom is -0.486 e. The van der Waals surface area contributed by atoms with Crippen LogP contribution in [0.25, 0.3) is 0 Å². The number of rotatable bonds is 2. The van der Waals surface area contributed by atoms with Crippen LogP contribution in [0, 0.1) is 5.82 Å². The molecule has 2 aromatic carbocycles. The summed E-state index contributed by atoms with van der Waals surface area (Å²) in [5.41, 5.74) is 0.614. The molecule has 2 aromatic rings. The van der Waals surface area contributed by atoms with E-state index in [4.69, 9.17) is 21.1 Å². The first kappa shape index (κ1) is 14.4. The zero-order valence-electron chi connectivity index (χ0n) is 10.7. The highest BCUT2D eigenvalue weighted by Gasteiger charge is 2.21. The van der Waals surface area contributed by atoms with Crippen LogP contribution in [-0.2, 0) is 0 Å². The summed E-state index contributed by atoms with van der Waals surface area (Å²) < 4.78 is 24.5. The average Bonchev–Trinajstić information content (AvgIpc) is 2.46. The van der Waals surface area contributed by atoms with Crippen molar-refractivity contribution in [1.82, 2.24) is 0 Å². The Bertz CT molecular complexity index is 733. The second kappa shape index (κ2) is 5.66. The van der Waals surface area contributed by atoms with Gasteiger partial charge in [0.25, 0.3) is 0 Å². The lowest BCUT2D eigenvalue weighted by atomic mass is 10.0. The molecule has 0 N–H and O–H groups in total. The summed E-state index contributed by atoms with van der Waals surface area (Å²) >= 11 is 9.28. The highest BCUT2D eigenvalue weighted by atomic mass is 79.9. The molecular formula is C15H9BrClFO3. The van der Waals surface area contributed by atoms with E-state index in [1.807, 2.05) is 0 Å². The topological polar surface area (TPSA) is 35.5 Å². The van der Waals surface area contributed by atoms with Crippen LogP contribution in [0.4, 0.5) is 4.39 Å². The van der Waals surface area contributed by atoms with Crippen LogP contribution in [0.1, 0.15) is 15.9 Å². The Morgan fingerprint density at radius 1 is 1.10 bits per heavy atom. The second-order valence-corrected chi connectivity index (χ2v) is 5.69. The number of hydrogen-bond donors (Lipinski definition) is 0. The quantitative estimate of drug-likeness (QED) is 0.741. The normalized spacial score (nSPS) is 13.1. The minimum atomic E-state index is -0.488. The fraction of sp³-hybridized carbons (Fsp3) is 0.133. The van der Waals surface area contributed by atoms with Crippen molar-refractivity contribution in [2.75, 3.05) is 13.2 Å². The fourth-order valence-electron chi connectivity index (χ4n) is 2.06. The molecule has 0 fully saturated rings. The van der Waals surface area contributed by atoms with Gasteiger partial charge in [-0.25, -0.2) is 4.39 Å². The van der Waals surface area contributed by atoms with Gasteiger partial charge >= 0.3 is 0 Å². The minimum absolute atomic E-state index is 0.0711. The van der Waals surface area contributed by atoms with Crippen molar-refractivity contribution in [3.05, 3.63) is 56.8 Å². The van der Waals surface area contributed by atoms with Gasteiger partial charge in [0, 0.05) is 15.6 Å². The number of carbonyl (C=O) groups excluding carboxylic acids is 1. The summed E-state index contributed by atoms with van der Waals surface area (Å²) in [6, 6.07) is 6.95. The van der Waals surface area contributed by atoms with Gasteiger partial charge in [0.2, 0.25) is 0 Å². The van der Waals surface area contributed by atoms with E-state index in [0.29, 0.717) is 34.7 Å². The zero-order chi connectivity index (χ0) is 15.0. The van der Waals surface area contributed by atoms with Crippen LogP contribution in [0.5, 0.6) is 11.5 Å². The molecular weight excluding hydrogens is 363 g/mol. The summed E-state index contributed by atoms with van der Waals surface area (Å²) in [6.45, 7) is 0.899. The van der Waals surface area contributed by atoms with Crippen molar-refractivity contribution in [1.29, 1.82) is 0 Å². The Kier molecular flexibility index (Phi) is 3.87. The standard InChI is InChI=1S/C15H9BrClFO3/c16-11-7-14-13(20-3-4-21-14)6-10(11)15(19)9-2-1-8(18)5-12(9)17/h1-2,5-7H,3-4H2. The maximum absolute atomic E-state index is 13.1. The molecule has 6 heteroatoms. The predicted octanol–water partition coefficient (Wildman–Crippen LogP) is 4.24. The summed E-state index contributed by atoms with van der Waals surface area (Å²) in [5.74, 6) is 0.280. The number of hydrogen-bond acceptors (Lipinski definition) is 3. The van der Waals surface area contributed by atoms with Crippen LogP contribution < -0.4 is 9.47 Å². The van der Waals surface area contributed by atoms with Crippen LogP contribution in [0.15, 0.2) is 34.8 Å². The number of ether oxygens (including phenoxy) is 2. The molecule has 1 heterocycles. The van der Waals surface area contributed by atoms with Gasteiger partial charge in [0.05, 0.1) is 5.02 Å². The van der Waals surface area contributed by atoms with Crippen LogP contribution in [-0.4, -0.2) is 19.0 Å². The van der Waals surface area contributed by atoms with E-state index in [9.17, 15) is 9.18 Å². The monoisotopic (exact) mass is 370 g/mol. The third-order valence-corrected chi connectivity index (χ3v) is 4.02. The molecule has 0 aromatic heterocycles. The summed E-state index contributed by atoms with van der Waals surface area (Å²) in [7, 11) is 0. The number of halogens is 3. The molecule has 21 heavy (non-hydrogen) atoms. The molecule has 0 amide bonds. The molecule has 0 aliphatic carbocycles. The van der Waals surface area contributed by atoms with Gasteiger partial charge in [-0.2, -0.15) is 0 Å². The van der Waals surface area contributed by atoms with Crippen LogP contribution >= 0.6 is 27.5 Å². The number of carbonyl (C=O) groups is 1. The maximum atomic E-state index is 13.1. The first-order chi connectivity index (χ1) is 10.1. The third kappa shape index (κ3) is 2.76. The molecule has 108 valence electrons.